The average molecular weight is 293 g/mol. The maximum Gasteiger partial charge on any atom is 0.270 e. The summed E-state index contributed by atoms with van der Waals surface area (Å²) < 4.78 is 27.4. The van der Waals surface area contributed by atoms with Gasteiger partial charge < -0.3 is 14.6 Å². The molecule has 2 rings (SSSR count). The summed E-state index contributed by atoms with van der Waals surface area (Å²) >= 11 is 0. The van der Waals surface area contributed by atoms with Crippen LogP contribution >= 0.6 is 10.7 Å². The van der Waals surface area contributed by atoms with Crippen molar-refractivity contribution in [1.82, 2.24) is 9.88 Å². The smallest absolute Gasteiger partial charge is 0.270 e. The van der Waals surface area contributed by atoms with Crippen LogP contribution in [0.5, 0.6) is 0 Å². The zero-order chi connectivity index (χ0) is 13.3. The van der Waals surface area contributed by atoms with Crippen molar-refractivity contribution in [1.29, 1.82) is 0 Å². The van der Waals surface area contributed by atoms with Gasteiger partial charge in [-0.25, -0.2) is 8.42 Å². The molecule has 8 heteroatoms. The first-order chi connectivity index (χ1) is 8.39. The van der Waals surface area contributed by atoms with Gasteiger partial charge >= 0.3 is 0 Å². The summed E-state index contributed by atoms with van der Waals surface area (Å²) in [6.45, 7) is 1.14. The Morgan fingerprint density at radius 3 is 2.83 bits per heavy atom. The fourth-order valence-electron chi connectivity index (χ4n) is 1.82. The van der Waals surface area contributed by atoms with E-state index in [1.54, 1.807) is 11.9 Å². The lowest BCUT2D eigenvalue weighted by Gasteiger charge is -2.22. The molecule has 100 valence electrons. The zero-order valence-electron chi connectivity index (χ0n) is 9.72. The highest BCUT2D eigenvalue weighted by atomic mass is 35.7. The Kier molecular flexibility index (Phi) is 3.65. The van der Waals surface area contributed by atoms with Gasteiger partial charge in [-0.3, -0.25) is 4.79 Å². The Balaban J connectivity index is 2.16. The largest absolute Gasteiger partial charge is 0.379 e. The van der Waals surface area contributed by atoms with E-state index >= 15 is 0 Å². The molecule has 1 N–H and O–H groups in total. The molecule has 0 spiro atoms. The lowest BCUT2D eigenvalue weighted by atomic mass is 10.2. The number of rotatable bonds is 3. The molecule has 1 aromatic heterocycles. The van der Waals surface area contributed by atoms with Crippen LogP contribution in [0.1, 0.15) is 16.9 Å². The van der Waals surface area contributed by atoms with Crippen molar-refractivity contribution in [3.05, 3.63) is 18.0 Å². The fraction of sp³-hybridized carbons (Fsp3) is 0.500. The first kappa shape index (κ1) is 13.4. The number of aromatic amines is 1. The number of carbonyl (C=O) groups is 1. The highest BCUT2D eigenvalue weighted by molar-refractivity contribution is 8.13. The van der Waals surface area contributed by atoms with E-state index in [9.17, 15) is 13.2 Å². The molecular formula is C10H13ClN2O4S. The highest BCUT2D eigenvalue weighted by Gasteiger charge is 2.26. The number of ether oxygens (including phenoxy) is 1. The number of hydrogen-bond acceptors (Lipinski definition) is 4. The molecule has 1 fully saturated rings. The molecule has 0 aliphatic carbocycles. The second-order valence-corrected chi connectivity index (χ2v) is 6.69. The zero-order valence-corrected chi connectivity index (χ0v) is 11.3. The quantitative estimate of drug-likeness (QED) is 0.836. The third-order valence-corrected chi connectivity index (χ3v) is 4.28. The molecule has 1 aromatic rings. The molecule has 1 aliphatic heterocycles. The molecule has 0 radical (unpaired) electrons. The van der Waals surface area contributed by atoms with Crippen LogP contribution < -0.4 is 0 Å². The lowest BCUT2D eigenvalue weighted by molar-refractivity contribution is 0.0706. The molecular weight excluding hydrogens is 280 g/mol. The molecule has 0 saturated carbocycles. The van der Waals surface area contributed by atoms with Crippen molar-refractivity contribution in [2.24, 2.45) is 0 Å². The third-order valence-electron chi connectivity index (χ3n) is 2.94. The number of nitrogens with one attached hydrogen (secondary N) is 1. The van der Waals surface area contributed by atoms with Gasteiger partial charge in [-0.05, 0) is 12.5 Å². The number of aromatic nitrogens is 1. The minimum Gasteiger partial charge on any atom is -0.379 e. The minimum absolute atomic E-state index is 0.0249. The summed E-state index contributed by atoms with van der Waals surface area (Å²) in [5.74, 6) is -0.280. The predicted molar refractivity (Wildman–Crippen MR) is 65.1 cm³/mol. The minimum atomic E-state index is -3.81. The molecule has 0 aromatic carbocycles. The normalized spacial score (nSPS) is 20.0. The van der Waals surface area contributed by atoms with Gasteiger partial charge in [0.2, 0.25) is 0 Å². The topological polar surface area (TPSA) is 79.5 Å². The summed E-state index contributed by atoms with van der Waals surface area (Å²) in [5, 5.41) is 0. The third kappa shape index (κ3) is 2.68. The lowest BCUT2D eigenvalue weighted by Crippen LogP contribution is -2.37. The molecule has 18 heavy (non-hydrogen) atoms. The van der Waals surface area contributed by atoms with Crippen LogP contribution in [0.25, 0.3) is 0 Å². The Hall–Kier alpha value is -1.05. The summed E-state index contributed by atoms with van der Waals surface area (Å²) in [4.78, 5) is 16.1. The van der Waals surface area contributed by atoms with Crippen molar-refractivity contribution < 1.29 is 17.9 Å². The van der Waals surface area contributed by atoms with Gasteiger partial charge in [-0.2, -0.15) is 0 Å². The van der Waals surface area contributed by atoms with E-state index in [1.807, 2.05) is 0 Å². The van der Waals surface area contributed by atoms with Crippen LogP contribution in [-0.2, 0) is 13.8 Å². The Labute approximate surface area is 109 Å². The van der Waals surface area contributed by atoms with E-state index in [-0.39, 0.29) is 22.5 Å². The van der Waals surface area contributed by atoms with Crippen LogP contribution in [0, 0.1) is 0 Å². The molecule has 1 aliphatic rings. The molecule has 0 bridgehead atoms. The van der Waals surface area contributed by atoms with E-state index in [4.69, 9.17) is 15.4 Å². The van der Waals surface area contributed by atoms with Gasteiger partial charge in [0.15, 0.2) is 0 Å². The molecule has 1 atom stereocenters. The van der Waals surface area contributed by atoms with Crippen LogP contribution in [0.2, 0.25) is 0 Å². The van der Waals surface area contributed by atoms with E-state index in [1.165, 1.54) is 12.3 Å². The predicted octanol–water partition coefficient (Wildman–Crippen LogP) is 0.803. The Morgan fingerprint density at radius 2 is 2.33 bits per heavy atom. The number of H-pyrrole nitrogens is 1. The molecule has 1 unspecified atom stereocenters. The van der Waals surface area contributed by atoms with Crippen LogP contribution in [0.15, 0.2) is 17.2 Å². The monoisotopic (exact) mass is 292 g/mol. The first-order valence-electron chi connectivity index (χ1n) is 5.37. The van der Waals surface area contributed by atoms with E-state index in [0.29, 0.717) is 13.2 Å². The van der Waals surface area contributed by atoms with Crippen molar-refractivity contribution in [2.75, 3.05) is 20.3 Å². The maximum atomic E-state index is 12.1. The average Bonchev–Trinajstić information content (AvgIpc) is 2.96. The van der Waals surface area contributed by atoms with Gasteiger partial charge in [0, 0.05) is 30.5 Å². The number of amides is 1. The fourth-order valence-corrected chi connectivity index (χ4v) is 2.55. The number of halogens is 1. The summed E-state index contributed by atoms with van der Waals surface area (Å²) in [6, 6.07) is 1.26. The van der Waals surface area contributed by atoms with Crippen LogP contribution in [-0.4, -0.2) is 50.5 Å². The highest BCUT2D eigenvalue weighted by Crippen LogP contribution is 2.18. The van der Waals surface area contributed by atoms with E-state index in [0.717, 1.165) is 6.42 Å². The SMILES string of the molecule is CN(C(=O)c1cc(S(=O)(=O)Cl)c[nH]1)C1CCOC1. The Morgan fingerprint density at radius 1 is 1.61 bits per heavy atom. The maximum absolute atomic E-state index is 12.1. The number of likely N-dealkylation sites (N-methyl/N-ethyl adjacent to an activating group) is 1. The standard InChI is InChI=1S/C10H13ClN2O4S/c1-13(7-2-3-17-6-7)10(14)9-4-8(5-12-9)18(11,15)16/h4-5,7,12H,2-3,6H2,1H3. The van der Waals surface area contributed by atoms with E-state index in [2.05, 4.69) is 4.98 Å². The first-order valence-corrected chi connectivity index (χ1v) is 7.68. The Bertz CT molecular complexity index is 548. The van der Waals surface area contributed by atoms with Gasteiger partial charge in [0.25, 0.3) is 15.0 Å². The van der Waals surface area contributed by atoms with Crippen molar-refractivity contribution in [3.8, 4) is 0 Å². The number of carbonyl (C=O) groups excluding carboxylic acids is 1. The summed E-state index contributed by atoms with van der Waals surface area (Å²) in [7, 11) is 3.04. The summed E-state index contributed by atoms with van der Waals surface area (Å²) in [5.41, 5.74) is 0.198. The van der Waals surface area contributed by atoms with Gasteiger partial charge in [-0.15, -0.1) is 0 Å². The summed E-state index contributed by atoms with van der Waals surface area (Å²) in [6.07, 6.45) is 1.98. The van der Waals surface area contributed by atoms with Gasteiger partial charge in [-0.1, -0.05) is 0 Å². The van der Waals surface area contributed by atoms with Crippen LogP contribution in [0.3, 0.4) is 0 Å². The van der Waals surface area contributed by atoms with Gasteiger partial charge in [0.05, 0.1) is 12.6 Å². The van der Waals surface area contributed by atoms with E-state index < -0.39 is 9.05 Å². The van der Waals surface area contributed by atoms with Crippen LogP contribution in [0.4, 0.5) is 0 Å². The second kappa shape index (κ2) is 4.91. The van der Waals surface area contributed by atoms with Gasteiger partial charge in [0.1, 0.15) is 10.6 Å². The second-order valence-electron chi connectivity index (χ2n) is 4.12. The molecule has 1 saturated heterocycles. The number of hydrogen-bond donors (Lipinski definition) is 1. The molecule has 6 nitrogen and oxygen atoms in total. The molecule has 1 amide bonds. The van der Waals surface area contributed by atoms with Crippen molar-refractivity contribution in [3.63, 3.8) is 0 Å². The number of nitrogens with zero attached hydrogens (tertiary/aromatic N) is 1. The van der Waals surface area contributed by atoms with Crippen molar-refractivity contribution >= 4 is 25.6 Å². The molecule has 2 heterocycles. The van der Waals surface area contributed by atoms with Crippen molar-refractivity contribution in [2.45, 2.75) is 17.4 Å².